The normalized spacial score (nSPS) is 11.6. The first-order valence-corrected chi connectivity index (χ1v) is 6.69. The Balaban J connectivity index is 2.29. The van der Waals surface area contributed by atoms with Crippen LogP contribution in [-0.4, -0.2) is 21.2 Å². The minimum Gasteiger partial charge on any atom is -0.350 e. The molecule has 1 N–H and O–H groups in total. The third-order valence-electron chi connectivity index (χ3n) is 3.42. The van der Waals surface area contributed by atoms with E-state index in [-0.39, 0.29) is 23.4 Å². The predicted octanol–water partition coefficient (Wildman–Crippen LogP) is 1.70. The Morgan fingerprint density at radius 2 is 2.05 bits per heavy atom. The molecular formula is C15H19N3O2. The predicted molar refractivity (Wildman–Crippen MR) is 78.5 cm³/mol. The average molecular weight is 273 g/mol. The smallest absolute Gasteiger partial charge is 0.242 e. The fourth-order valence-corrected chi connectivity index (χ4v) is 1.93. The Labute approximate surface area is 117 Å². The number of carbonyl (C=O) groups excluding carboxylic acids is 1. The van der Waals surface area contributed by atoms with Gasteiger partial charge >= 0.3 is 0 Å². The van der Waals surface area contributed by atoms with Gasteiger partial charge in [-0.1, -0.05) is 19.1 Å². The first-order chi connectivity index (χ1) is 9.43. The molecule has 1 aromatic heterocycles. The van der Waals surface area contributed by atoms with Gasteiger partial charge in [0.25, 0.3) is 0 Å². The number of rotatable bonds is 4. The van der Waals surface area contributed by atoms with Gasteiger partial charge in [-0.25, -0.2) is 0 Å². The van der Waals surface area contributed by atoms with Crippen LogP contribution in [0, 0.1) is 0 Å². The molecule has 2 aromatic rings. The zero-order chi connectivity index (χ0) is 14.8. The van der Waals surface area contributed by atoms with Crippen LogP contribution in [-0.2, 0) is 11.3 Å². The Morgan fingerprint density at radius 3 is 2.75 bits per heavy atom. The van der Waals surface area contributed by atoms with Crippen molar-refractivity contribution in [3.05, 3.63) is 40.7 Å². The van der Waals surface area contributed by atoms with Gasteiger partial charge in [-0.2, -0.15) is 5.10 Å². The lowest BCUT2D eigenvalue weighted by Crippen LogP contribution is -2.44. The molecule has 0 saturated heterocycles. The van der Waals surface area contributed by atoms with Gasteiger partial charge in [0.1, 0.15) is 6.54 Å². The molecule has 5 nitrogen and oxygen atoms in total. The maximum atomic E-state index is 12.1. The number of amides is 1. The van der Waals surface area contributed by atoms with Crippen LogP contribution in [0.4, 0.5) is 0 Å². The van der Waals surface area contributed by atoms with E-state index in [2.05, 4.69) is 10.4 Å². The number of benzene rings is 1. The van der Waals surface area contributed by atoms with Gasteiger partial charge < -0.3 is 5.32 Å². The summed E-state index contributed by atoms with van der Waals surface area (Å²) in [7, 11) is 0. The Morgan fingerprint density at radius 1 is 1.35 bits per heavy atom. The van der Waals surface area contributed by atoms with Gasteiger partial charge in [-0.05, 0) is 32.4 Å². The summed E-state index contributed by atoms with van der Waals surface area (Å²) in [5.74, 6) is -0.113. The molecule has 0 aliphatic carbocycles. The number of nitrogens with one attached hydrogen (secondary N) is 1. The summed E-state index contributed by atoms with van der Waals surface area (Å²) in [6, 6.07) is 7.16. The Hall–Kier alpha value is -2.17. The summed E-state index contributed by atoms with van der Waals surface area (Å²) in [4.78, 5) is 23.8. The minimum atomic E-state index is -0.244. The second-order valence-electron chi connectivity index (χ2n) is 5.47. The molecule has 0 unspecified atom stereocenters. The molecule has 0 radical (unpaired) electrons. The SMILES string of the molecule is CCC(C)(C)NC(=O)Cn1ncc(=O)c2ccccc21. The van der Waals surface area contributed by atoms with E-state index in [1.165, 1.54) is 6.20 Å². The number of hydrogen-bond donors (Lipinski definition) is 1. The third-order valence-corrected chi connectivity index (χ3v) is 3.42. The number of para-hydroxylation sites is 1. The van der Waals surface area contributed by atoms with Crippen molar-refractivity contribution in [2.45, 2.75) is 39.3 Å². The summed E-state index contributed by atoms with van der Waals surface area (Å²) in [5.41, 5.74) is 0.293. The van der Waals surface area contributed by atoms with Crippen molar-refractivity contribution in [2.24, 2.45) is 0 Å². The number of hydrogen-bond acceptors (Lipinski definition) is 3. The molecule has 0 bridgehead atoms. The highest BCUT2D eigenvalue weighted by molar-refractivity contribution is 5.81. The Kier molecular flexibility index (Phi) is 3.88. The number of carbonyl (C=O) groups is 1. The molecule has 0 fully saturated rings. The molecule has 5 heteroatoms. The molecule has 0 atom stereocenters. The lowest BCUT2D eigenvalue weighted by Gasteiger charge is -2.24. The van der Waals surface area contributed by atoms with E-state index in [4.69, 9.17) is 0 Å². The number of fused-ring (bicyclic) bond motifs is 1. The second kappa shape index (κ2) is 5.45. The van der Waals surface area contributed by atoms with Crippen LogP contribution in [0.3, 0.4) is 0 Å². The fraction of sp³-hybridized carbons (Fsp3) is 0.400. The zero-order valence-electron chi connectivity index (χ0n) is 12.0. The van der Waals surface area contributed by atoms with Gasteiger partial charge in [0.05, 0.1) is 11.7 Å². The summed E-state index contributed by atoms with van der Waals surface area (Å²) in [6.45, 7) is 6.07. The number of aromatic nitrogens is 2. The molecule has 2 rings (SSSR count). The highest BCUT2D eigenvalue weighted by atomic mass is 16.2. The lowest BCUT2D eigenvalue weighted by atomic mass is 10.0. The maximum Gasteiger partial charge on any atom is 0.242 e. The van der Waals surface area contributed by atoms with E-state index in [1.807, 2.05) is 26.8 Å². The highest BCUT2D eigenvalue weighted by Gasteiger charge is 2.18. The van der Waals surface area contributed by atoms with Gasteiger partial charge in [-0.3, -0.25) is 14.3 Å². The van der Waals surface area contributed by atoms with E-state index < -0.39 is 0 Å². The van der Waals surface area contributed by atoms with Crippen molar-refractivity contribution in [3.8, 4) is 0 Å². The van der Waals surface area contributed by atoms with Crippen LogP contribution in [0.2, 0.25) is 0 Å². The second-order valence-corrected chi connectivity index (χ2v) is 5.47. The van der Waals surface area contributed by atoms with Crippen molar-refractivity contribution in [3.63, 3.8) is 0 Å². The molecule has 0 saturated carbocycles. The minimum absolute atomic E-state index is 0.101. The quantitative estimate of drug-likeness (QED) is 0.922. The molecular weight excluding hydrogens is 254 g/mol. The molecule has 0 aliphatic rings. The van der Waals surface area contributed by atoms with Gasteiger partial charge in [0, 0.05) is 10.9 Å². The van der Waals surface area contributed by atoms with Crippen molar-refractivity contribution in [1.29, 1.82) is 0 Å². The largest absolute Gasteiger partial charge is 0.350 e. The van der Waals surface area contributed by atoms with Crippen LogP contribution in [0.1, 0.15) is 27.2 Å². The highest BCUT2D eigenvalue weighted by Crippen LogP contribution is 2.09. The first-order valence-electron chi connectivity index (χ1n) is 6.69. The maximum absolute atomic E-state index is 12.1. The molecule has 1 heterocycles. The zero-order valence-corrected chi connectivity index (χ0v) is 12.0. The topological polar surface area (TPSA) is 64.0 Å². The van der Waals surface area contributed by atoms with Gasteiger partial charge in [-0.15, -0.1) is 0 Å². The molecule has 1 amide bonds. The van der Waals surface area contributed by atoms with Crippen molar-refractivity contribution >= 4 is 16.8 Å². The summed E-state index contributed by atoms with van der Waals surface area (Å²) >= 11 is 0. The van der Waals surface area contributed by atoms with Gasteiger partial charge in [0.2, 0.25) is 11.3 Å². The van der Waals surface area contributed by atoms with Crippen LogP contribution in [0.25, 0.3) is 10.9 Å². The van der Waals surface area contributed by atoms with Gasteiger partial charge in [0.15, 0.2) is 0 Å². The molecule has 0 spiro atoms. The number of nitrogens with zero attached hydrogens (tertiary/aromatic N) is 2. The van der Waals surface area contributed by atoms with E-state index >= 15 is 0 Å². The molecule has 106 valence electrons. The van der Waals surface area contributed by atoms with Crippen molar-refractivity contribution < 1.29 is 4.79 Å². The lowest BCUT2D eigenvalue weighted by molar-refractivity contribution is -0.123. The van der Waals surface area contributed by atoms with E-state index in [9.17, 15) is 9.59 Å². The monoisotopic (exact) mass is 273 g/mol. The average Bonchev–Trinajstić information content (AvgIpc) is 2.42. The summed E-state index contributed by atoms with van der Waals surface area (Å²) in [6.07, 6.45) is 2.09. The van der Waals surface area contributed by atoms with Crippen LogP contribution in [0.15, 0.2) is 35.3 Å². The fourth-order valence-electron chi connectivity index (χ4n) is 1.93. The standard InChI is InChI=1S/C15H19N3O2/c1-4-15(2,3)17-14(20)10-18-12-8-6-5-7-11(12)13(19)9-16-18/h5-9H,4,10H2,1-3H3,(H,17,20). The third kappa shape index (κ3) is 3.04. The van der Waals surface area contributed by atoms with Crippen LogP contribution in [0.5, 0.6) is 0 Å². The van der Waals surface area contributed by atoms with Crippen LogP contribution < -0.4 is 10.7 Å². The van der Waals surface area contributed by atoms with E-state index in [0.717, 1.165) is 6.42 Å². The Bertz CT molecular complexity index is 689. The van der Waals surface area contributed by atoms with Crippen molar-refractivity contribution in [2.75, 3.05) is 0 Å². The molecule has 20 heavy (non-hydrogen) atoms. The first kappa shape index (κ1) is 14.2. The van der Waals surface area contributed by atoms with E-state index in [1.54, 1.807) is 22.9 Å². The van der Waals surface area contributed by atoms with E-state index in [0.29, 0.717) is 10.9 Å². The molecule has 1 aromatic carbocycles. The summed E-state index contributed by atoms with van der Waals surface area (Å²) < 4.78 is 1.55. The van der Waals surface area contributed by atoms with Crippen LogP contribution >= 0.6 is 0 Å². The summed E-state index contributed by atoms with van der Waals surface area (Å²) in [5, 5.41) is 7.58. The molecule has 0 aliphatic heterocycles. The van der Waals surface area contributed by atoms with Crippen molar-refractivity contribution in [1.82, 2.24) is 15.1 Å².